The van der Waals surface area contributed by atoms with Gasteiger partial charge in [0.15, 0.2) is 6.61 Å². The molecule has 11 nitrogen and oxygen atoms in total. The van der Waals surface area contributed by atoms with Gasteiger partial charge in [0.1, 0.15) is 6.54 Å². The molecule has 0 aliphatic rings. The van der Waals surface area contributed by atoms with E-state index < -0.39 is 46.3 Å². The smallest absolute Gasteiger partial charge is 0.332 e. The Hall–Kier alpha value is -3.77. The van der Waals surface area contributed by atoms with Crippen molar-refractivity contribution in [2.75, 3.05) is 13.2 Å². The van der Waals surface area contributed by atoms with Crippen LogP contribution in [0.25, 0.3) is 10.9 Å². The Kier molecular flexibility index (Phi) is 7.64. The summed E-state index contributed by atoms with van der Waals surface area (Å²) in [5.41, 5.74) is 0.00601. The number of carbonyl (C=O) groups is 2. The van der Waals surface area contributed by atoms with Gasteiger partial charge in [0, 0.05) is 13.1 Å². The Morgan fingerprint density at radius 2 is 1.71 bits per heavy atom. The fraction of sp³-hybridized carbons (Fsp3) is 0.273. The Labute approximate surface area is 194 Å². The number of carbonyl (C=O) groups excluding carboxylic acids is 2. The topological polar surface area (TPSA) is 160 Å². The average molecular weight is 489 g/mol. The third-order valence-electron chi connectivity index (χ3n) is 5.09. The van der Waals surface area contributed by atoms with E-state index in [-0.39, 0.29) is 18.0 Å². The van der Waals surface area contributed by atoms with Crippen LogP contribution in [-0.4, -0.2) is 42.6 Å². The van der Waals surface area contributed by atoms with E-state index >= 15 is 0 Å². The molecule has 0 fully saturated rings. The summed E-state index contributed by atoms with van der Waals surface area (Å²) in [4.78, 5) is 49.4. The van der Waals surface area contributed by atoms with Crippen LogP contribution in [0.1, 0.15) is 12.5 Å². The van der Waals surface area contributed by atoms with Crippen LogP contribution in [0.2, 0.25) is 0 Å². The zero-order valence-corrected chi connectivity index (χ0v) is 19.2. The van der Waals surface area contributed by atoms with Crippen LogP contribution in [0.3, 0.4) is 0 Å². The number of fused-ring (bicyclic) bond motifs is 1. The Balaban J connectivity index is 1.55. The maximum atomic E-state index is 12.7. The van der Waals surface area contributed by atoms with Crippen molar-refractivity contribution in [1.29, 1.82) is 0 Å². The van der Waals surface area contributed by atoms with E-state index in [1.807, 2.05) is 0 Å². The van der Waals surface area contributed by atoms with Crippen molar-refractivity contribution in [3.8, 4) is 0 Å². The maximum Gasteiger partial charge on any atom is 0.332 e. The maximum absolute atomic E-state index is 12.7. The van der Waals surface area contributed by atoms with E-state index in [2.05, 4.69) is 5.32 Å². The summed E-state index contributed by atoms with van der Waals surface area (Å²) >= 11 is 0. The largest absolute Gasteiger partial charge is 0.454 e. The number of ether oxygens (including phenoxy) is 1. The standard InChI is InChI=1S/C22H24N4O7S/c1-2-25-21(29)17-5-3-4-6-18(17)26(22(25)30)13-20(28)33-14-19(27)24-12-11-15-7-9-16(10-8-15)34(23,31)32/h3-10H,2,11-14H2,1H3,(H,24,27)(H2,23,31,32). The lowest BCUT2D eigenvalue weighted by Crippen LogP contribution is -2.41. The van der Waals surface area contributed by atoms with Gasteiger partial charge in [-0.25, -0.2) is 18.4 Å². The molecule has 12 heteroatoms. The monoisotopic (exact) mass is 488 g/mol. The second-order valence-corrected chi connectivity index (χ2v) is 8.95. The first kappa shape index (κ1) is 24.9. The number of sulfonamides is 1. The van der Waals surface area contributed by atoms with Crippen molar-refractivity contribution in [3.63, 3.8) is 0 Å². The first-order valence-corrected chi connectivity index (χ1v) is 11.9. The molecule has 1 aromatic heterocycles. The molecular formula is C22H24N4O7S. The highest BCUT2D eigenvalue weighted by atomic mass is 32.2. The summed E-state index contributed by atoms with van der Waals surface area (Å²) in [5, 5.41) is 7.94. The minimum atomic E-state index is -3.77. The van der Waals surface area contributed by atoms with E-state index in [1.54, 1.807) is 43.3 Å². The molecule has 3 rings (SSSR count). The molecule has 2 aromatic carbocycles. The number of aromatic nitrogens is 2. The fourth-order valence-corrected chi connectivity index (χ4v) is 3.88. The predicted molar refractivity (Wildman–Crippen MR) is 124 cm³/mol. The number of primary sulfonamides is 1. The van der Waals surface area contributed by atoms with Crippen molar-refractivity contribution in [1.82, 2.24) is 14.5 Å². The summed E-state index contributed by atoms with van der Waals surface area (Å²) in [6, 6.07) is 12.4. The highest BCUT2D eigenvalue weighted by molar-refractivity contribution is 7.89. The minimum absolute atomic E-state index is 0.00608. The van der Waals surface area contributed by atoms with Crippen molar-refractivity contribution in [2.24, 2.45) is 5.14 Å². The quantitative estimate of drug-likeness (QED) is 0.392. The molecule has 0 unspecified atom stereocenters. The Morgan fingerprint density at radius 3 is 2.35 bits per heavy atom. The zero-order chi connectivity index (χ0) is 24.9. The van der Waals surface area contributed by atoms with Gasteiger partial charge >= 0.3 is 11.7 Å². The van der Waals surface area contributed by atoms with Gasteiger partial charge in [0.2, 0.25) is 10.0 Å². The molecule has 1 amide bonds. The molecule has 0 aliphatic carbocycles. The number of nitrogens with two attached hydrogens (primary N) is 1. The second-order valence-electron chi connectivity index (χ2n) is 7.38. The first-order chi connectivity index (χ1) is 16.1. The van der Waals surface area contributed by atoms with Crippen molar-refractivity contribution in [3.05, 3.63) is 74.9 Å². The normalized spacial score (nSPS) is 11.4. The van der Waals surface area contributed by atoms with Crippen LogP contribution in [0, 0.1) is 0 Å². The molecule has 0 bridgehead atoms. The fourth-order valence-electron chi connectivity index (χ4n) is 3.37. The highest BCUT2D eigenvalue weighted by Crippen LogP contribution is 2.09. The molecule has 34 heavy (non-hydrogen) atoms. The molecule has 180 valence electrons. The molecule has 0 atom stereocenters. The van der Waals surface area contributed by atoms with Gasteiger partial charge < -0.3 is 10.1 Å². The third kappa shape index (κ3) is 5.77. The van der Waals surface area contributed by atoms with Crippen LogP contribution in [0.15, 0.2) is 63.0 Å². The number of hydrogen-bond donors (Lipinski definition) is 2. The predicted octanol–water partition coefficient (Wildman–Crippen LogP) is -0.267. The zero-order valence-electron chi connectivity index (χ0n) is 18.4. The molecule has 0 aliphatic heterocycles. The van der Waals surface area contributed by atoms with E-state index in [0.717, 1.165) is 14.7 Å². The summed E-state index contributed by atoms with van der Waals surface area (Å²) in [6.45, 7) is 1.03. The third-order valence-corrected chi connectivity index (χ3v) is 6.02. The lowest BCUT2D eigenvalue weighted by atomic mass is 10.1. The number of para-hydroxylation sites is 1. The van der Waals surface area contributed by atoms with Crippen molar-refractivity contribution >= 4 is 32.8 Å². The molecular weight excluding hydrogens is 464 g/mol. The average Bonchev–Trinajstić information content (AvgIpc) is 2.80. The second kappa shape index (κ2) is 10.4. The minimum Gasteiger partial charge on any atom is -0.454 e. The van der Waals surface area contributed by atoms with Gasteiger partial charge in [0.05, 0.1) is 15.8 Å². The lowest BCUT2D eigenvalue weighted by Gasteiger charge is -2.13. The number of rotatable bonds is 9. The van der Waals surface area contributed by atoms with Crippen LogP contribution in [0.5, 0.6) is 0 Å². The molecule has 0 saturated heterocycles. The van der Waals surface area contributed by atoms with E-state index in [1.165, 1.54) is 12.1 Å². The Morgan fingerprint density at radius 1 is 1.03 bits per heavy atom. The number of amides is 1. The highest BCUT2D eigenvalue weighted by Gasteiger charge is 2.16. The molecule has 3 N–H and O–H groups in total. The van der Waals surface area contributed by atoms with E-state index in [4.69, 9.17) is 9.88 Å². The number of esters is 1. The molecule has 0 radical (unpaired) electrons. The SMILES string of the molecule is CCn1c(=O)c2ccccc2n(CC(=O)OCC(=O)NCCc2ccc(S(N)(=O)=O)cc2)c1=O. The molecule has 0 spiro atoms. The van der Waals surface area contributed by atoms with Gasteiger partial charge in [-0.1, -0.05) is 24.3 Å². The molecule has 3 aromatic rings. The number of benzene rings is 2. The first-order valence-electron chi connectivity index (χ1n) is 10.4. The van der Waals surface area contributed by atoms with E-state index in [9.17, 15) is 27.6 Å². The van der Waals surface area contributed by atoms with Crippen LogP contribution >= 0.6 is 0 Å². The Bertz CT molecular complexity index is 1440. The van der Waals surface area contributed by atoms with Gasteiger partial charge in [-0.2, -0.15) is 0 Å². The number of nitrogens with zero attached hydrogens (tertiary/aromatic N) is 2. The molecule has 1 heterocycles. The van der Waals surface area contributed by atoms with Crippen LogP contribution < -0.4 is 21.7 Å². The number of hydrogen-bond acceptors (Lipinski definition) is 7. The van der Waals surface area contributed by atoms with Gasteiger partial charge in [-0.3, -0.25) is 23.5 Å². The van der Waals surface area contributed by atoms with Crippen molar-refractivity contribution < 1.29 is 22.7 Å². The van der Waals surface area contributed by atoms with Gasteiger partial charge in [-0.15, -0.1) is 0 Å². The van der Waals surface area contributed by atoms with Crippen LogP contribution in [-0.2, 0) is 43.9 Å². The summed E-state index contributed by atoms with van der Waals surface area (Å²) < 4.78 is 29.7. The summed E-state index contributed by atoms with van der Waals surface area (Å²) in [5.74, 6) is -1.34. The number of nitrogens with one attached hydrogen (secondary N) is 1. The molecule has 0 saturated carbocycles. The van der Waals surface area contributed by atoms with Crippen molar-refractivity contribution in [2.45, 2.75) is 31.3 Å². The summed E-state index contributed by atoms with van der Waals surface area (Å²) in [7, 11) is -3.77. The van der Waals surface area contributed by atoms with Crippen LogP contribution in [0.4, 0.5) is 0 Å². The van der Waals surface area contributed by atoms with Gasteiger partial charge in [-0.05, 0) is 43.2 Å². The van der Waals surface area contributed by atoms with E-state index in [0.29, 0.717) is 17.3 Å². The summed E-state index contributed by atoms with van der Waals surface area (Å²) in [6.07, 6.45) is 0.421. The lowest BCUT2D eigenvalue weighted by molar-refractivity contribution is -0.149. The van der Waals surface area contributed by atoms with Gasteiger partial charge in [0.25, 0.3) is 11.5 Å².